The normalized spacial score (nSPS) is 20.6. The van der Waals surface area contributed by atoms with Crippen LogP contribution in [0.15, 0.2) is 0 Å². The molecule has 0 radical (unpaired) electrons. The van der Waals surface area contributed by atoms with Gasteiger partial charge >= 0.3 is 0 Å². The van der Waals surface area contributed by atoms with Crippen LogP contribution >= 0.6 is 7.60 Å². The van der Waals surface area contributed by atoms with Gasteiger partial charge in [-0.15, -0.1) is 0 Å². The predicted octanol–water partition coefficient (Wildman–Crippen LogP) is 0.0139. The molecule has 0 rings (SSSR count). The molecule has 0 aliphatic rings. The Hall–Kier alpha value is 0.0700. The summed E-state index contributed by atoms with van der Waals surface area (Å²) in [5.41, 5.74) is 0. The molecular weight excluding hydrogens is 229 g/mol. The zero-order chi connectivity index (χ0) is 13.1. The van der Waals surface area contributed by atoms with Gasteiger partial charge in [0.15, 0.2) is 0 Å². The van der Waals surface area contributed by atoms with Gasteiger partial charge in [-0.2, -0.15) is 0 Å². The first kappa shape index (κ1) is 16.1. The van der Waals surface area contributed by atoms with Gasteiger partial charge < -0.3 is 23.9 Å². The summed E-state index contributed by atoms with van der Waals surface area (Å²) in [6, 6.07) is -0.200. The standard InChI is InChI=1S/C10H24NO4P/c1-8(2)6-9(11(3,4)5)10(12)7-16(13,14)15/h8-10,12H,6-7H2,1-5H3,(H-,13,14,15)/t9-,10-/m1/s1. The van der Waals surface area contributed by atoms with Crippen LogP contribution in [0.1, 0.15) is 20.3 Å². The third kappa shape index (κ3) is 6.61. The van der Waals surface area contributed by atoms with E-state index in [2.05, 4.69) is 0 Å². The Morgan fingerprint density at radius 2 is 1.75 bits per heavy atom. The Labute approximate surface area is 97.8 Å². The summed E-state index contributed by atoms with van der Waals surface area (Å²) in [6.45, 7) is 4.04. The van der Waals surface area contributed by atoms with E-state index in [1.165, 1.54) is 0 Å². The highest BCUT2D eigenvalue weighted by Crippen LogP contribution is 2.32. The van der Waals surface area contributed by atoms with Gasteiger partial charge in [0.1, 0.15) is 19.7 Å². The summed E-state index contributed by atoms with van der Waals surface area (Å²) in [5.74, 6) is 0.363. The van der Waals surface area contributed by atoms with Crippen molar-refractivity contribution in [2.24, 2.45) is 5.92 Å². The molecule has 2 N–H and O–H groups in total. The van der Waals surface area contributed by atoms with Crippen LogP contribution in [0.4, 0.5) is 0 Å². The van der Waals surface area contributed by atoms with Crippen LogP contribution in [0.3, 0.4) is 0 Å². The molecule has 0 saturated carbocycles. The Bertz CT molecular complexity index is 256. The van der Waals surface area contributed by atoms with Crippen molar-refractivity contribution in [2.75, 3.05) is 27.3 Å². The van der Waals surface area contributed by atoms with Crippen LogP contribution in [0.5, 0.6) is 0 Å². The van der Waals surface area contributed by atoms with E-state index in [9.17, 15) is 14.6 Å². The maximum atomic E-state index is 10.8. The Morgan fingerprint density at radius 1 is 1.31 bits per heavy atom. The highest BCUT2D eigenvalue weighted by Gasteiger charge is 2.33. The van der Waals surface area contributed by atoms with Crippen molar-refractivity contribution in [3.05, 3.63) is 0 Å². The van der Waals surface area contributed by atoms with Crippen LogP contribution in [0.25, 0.3) is 0 Å². The Kier molecular flexibility index (Phi) is 5.63. The molecular formula is C10H24NO4P. The molecule has 0 aromatic carbocycles. The quantitative estimate of drug-likeness (QED) is 0.516. The molecule has 0 amide bonds. The number of aliphatic hydroxyl groups excluding tert-OH is 1. The number of hydrogen-bond acceptors (Lipinski definition) is 3. The van der Waals surface area contributed by atoms with E-state index in [1.54, 1.807) is 0 Å². The summed E-state index contributed by atoms with van der Waals surface area (Å²) in [7, 11) is 1.32. The third-order valence-corrected chi connectivity index (χ3v) is 3.41. The molecule has 6 heteroatoms. The van der Waals surface area contributed by atoms with Crippen molar-refractivity contribution in [1.29, 1.82) is 0 Å². The molecule has 0 aliphatic heterocycles. The van der Waals surface area contributed by atoms with E-state index < -0.39 is 19.9 Å². The topological polar surface area (TPSA) is 80.6 Å². The molecule has 16 heavy (non-hydrogen) atoms. The van der Waals surface area contributed by atoms with E-state index in [-0.39, 0.29) is 6.04 Å². The third-order valence-electron chi connectivity index (χ3n) is 2.57. The number of quaternary nitrogens is 1. The van der Waals surface area contributed by atoms with E-state index in [0.29, 0.717) is 16.8 Å². The zero-order valence-electron chi connectivity index (χ0n) is 10.8. The van der Waals surface area contributed by atoms with Gasteiger partial charge in [-0.1, -0.05) is 13.8 Å². The molecule has 0 aliphatic carbocycles. The van der Waals surface area contributed by atoms with Gasteiger partial charge in [-0.25, -0.2) is 0 Å². The van der Waals surface area contributed by atoms with E-state index >= 15 is 0 Å². The molecule has 1 unspecified atom stereocenters. The van der Waals surface area contributed by atoms with Crippen molar-refractivity contribution in [2.45, 2.75) is 32.4 Å². The summed E-state index contributed by atoms with van der Waals surface area (Å²) >= 11 is 0. The van der Waals surface area contributed by atoms with Gasteiger partial charge in [0.25, 0.3) is 0 Å². The lowest BCUT2D eigenvalue weighted by Crippen LogP contribution is -2.53. The lowest BCUT2D eigenvalue weighted by Gasteiger charge is -2.39. The van der Waals surface area contributed by atoms with E-state index in [0.717, 1.165) is 0 Å². The average Bonchev–Trinajstić information content (AvgIpc) is 1.93. The second kappa shape index (κ2) is 5.61. The number of aliphatic hydroxyl groups is 1. The highest BCUT2D eigenvalue weighted by atomic mass is 31.2. The van der Waals surface area contributed by atoms with Crippen molar-refractivity contribution in [3.63, 3.8) is 0 Å². The first-order valence-electron chi connectivity index (χ1n) is 5.45. The van der Waals surface area contributed by atoms with Crippen molar-refractivity contribution in [3.8, 4) is 0 Å². The van der Waals surface area contributed by atoms with Gasteiger partial charge in [0, 0.05) is 12.6 Å². The van der Waals surface area contributed by atoms with Crippen LogP contribution in [-0.4, -0.2) is 53.9 Å². The molecule has 5 nitrogen and oxygen atoms in total. The molecule has 0 aromatic heterocycles. The first-order chi connectivity index (χ1) is 6.93. The largest absolute Gasteiger partial charge is 0.779 e. The lowest BCUT2D eigenvalue weighted by molar-refractivity contribution is -0.900. The minimum Gasteiger partial charge on any atom is -0.779 e. The minimum absolute atomic E-state index is 0.200. The Balaban J connectivity index is 4.70. The predicted molar refractivity (Wildman–Crippen MR) is 62.0 cm³/mol. The number of nitrogens with zero attached hydrogens (tertiary/aromatic N) is 1. The number of hydrogen-bond donors (Lipinski definition) is 2. The highest BCUT2D eigenvalue weighted by molar-refractivity contribution is 7.50. The van der Waals surface area contributed by atoms with Gasteiger partial charge in [0.05, 0.1) is 21.1 Å². The van der Waals surface area contributed by atoms with Gasteiger partial charge in [-0.05, 0) is 5.92 Å². The van der Waals surface area contributed by atoms with E-state index in [4.69, 9.17) is 4.89 Å². The minimum atomic E-state index is -4.40. The molecule has 0 aromatic rings. The summed E-state index contributed by atoms with van der Waals surface area (Å²) < 4.78 is 11.2. The maximum absolute atomic E-state index is 10.8. The lowest BCUT2D eigenvalue weighted by atomic mass is 9.97. The first-order valence-corrected chi connectivity index (χ1v) is 7.21. The van der Waals surface area contributed by atoms with Gasteiger partial charge in [-0.3, -0.25) is 0 Å². The summed E-state index contributed by atoms with van der Waals surface area (Å²) in [4.78, 5) is 19.5. The van der Waals surface area contributed by atoms with E-state index in [1.807, 2.05) is 35.0 Å². The zero-order valence-corrected chi connectivity index (χ0v) is 11.6. The van der Waals surface area contributed by atoms with Crippen LogP contribution in [0.2, 0.25) is 0 Å². The van der Waals surface area contributed by atoms with Crippen LogP contribution < -0.4 is 4.89 Å². The molecule has 98 valence electrons. The van der Waals surface area contributed by atoms with Crippen LogP contribution in [-0.2, 0) is 4.57 Å². The van der Waals surface area contributed by atoms with Crippen molar-refractivity contribution in [1.82, 2.24) is 0 Å². The van der Waals surface area contributed by atoms with Gasteiger partial charge in [0.2, 0.25) is 0 Å². The second-order valence-electron chi connectivity index (χ2n) is 5.70. The van der Waals surface area contributed by atoms with Crippen molar-refractivity contribution < 1.29 is 23.9 Å². The fourth-order valence-electron chi connectivity index (χ4n) is 1.83. The summed E-state index contributed by atoms with van der Waals surface area (Å²) in [5, 5.41) is 9.88. The molecule has 0 bridgehead atoms. The van der Waals surface area contributed by atoms with Crippen LogP contribution in [0, 0.1) is 5.92 Å². The molecule has 0 spiro atoms. The maximum Gasteiger partial charge on any atom is 0.135 e. The smallest absolute Gasteiger partial charge is 0.135 e. The van der Waals surface area contributed by atoms with Crippen molar-refractivity contribution >= 4 is 7.60 Å². The number of rotatable bonds is 6. The molecule has 3 atom stereocenters. The monoisotopic (exact) mass is 253 g/mol. The Morgan fingerprint density at radius 3 is 2.00 bits per heavy atom. The summed E-state index contributed by atoms with van der Waals surface area (Å²) in [6.07, 6.45) is -0.888. The molecule has 0 heterocycles. The fourth-order valence-corrected chi connectivity index (χ4v) is 2.55. The average molecular weight is 253 g/mol. The second-order valence-corrected chi connectivity index (χ2v) is 7.34. The number of likely N-dealkylation sites (N-methyl/N-ethyl adjacent to an activating group) is 1. The molecule has 0 fully saturated rings. The fraction of sp³-hybridized carbons (Fsp3) is 1.00. The SMILES string of the molecule is CC(C)C[C@H]([C@H](O)CP(=O)([O-])O)[N+](C)(C)C. The molecule has 0 saturated heterocycles.